The van der Waals surface area contributed by atoms with Gasteiger partial charge in [0.2, 0.25) is 5.91 Å². The van der Waals surface area contributed by atoms with Crippen molar-refractivity contribution in [2.24, 2.45) is 0 Å². The van der Waals surface area contributed by atoms with Crippen molar-refractivity contribution in [2.75, 3.05) is 17.7 Å². The minimum absolute atomic E-state index is 0.0222. The van der Waals surface area contributed by atoms with Crippen LogP contribution in [0.25, 0.3) is 0 Å². The van der Waals surface area contributed by atoms with E-state index >= 15 is 0 Å². The van der Waals surface area contributed by atoms with Crippen LogP contribution >= 0.6 is 0 Å². The highest BCUT2D eigenvalue weighted by molar-refractivity contribution is 6.07. The predicted molar refractivity (Wildman–Crippen MR) is 59.6 cm³/mol. The summed E-state index contributed by atoms with van der Waals surface area (Å²) < 4.78 is 18.9. The molecule has 90 valence electrons. The van der Waals surface area contributed by atoms with E-state index in [0.717, 1.165) is 6.07 Å². The minimum Gasteiger partial charge on any atom is -0.490 e. The number of hydrogen-bond acceptors (Lipinski definition) is 4. The number of fused-ring (bicyclic) bond motifs is 1. The second-order valence-corrected chi connectivity index (χ2v) is 3.73. The maximum Gasteiger partial charge on any atom is 0.221 e. The summed E-state index contributed by atoms with van der Waals surface area (Å²) in [7, 11) is 0. The highest BCUT2D eigenvalue weighted by Gasteiger charge is 2.27. The Bertz CT molecular complexity index is 514. The Hall–Kier alpha value is -2.11. The standard InChI is InChI=1S/C11H11FN2O3/c1-5(15)14-10-6(12)4-7(13)9-8(16)2-3-17-11(9)10/h4H,2-3,13H2,1H3,(H,14,15). The molecule has 0 saturated heterocycles. The molecule has 17 heavy (non-hydrogen) atoms. The quantitative estimate of drug-likeness (QED) is 0.723. The van der Waals surface area contributed by atoms with E-state index < -0.39 is 11.7 Å². The second kappa shape index (κ2) is 4.04. The van der Waals surface area contributed by atoms with Crippen LogP contribution in [0.1, 0.15) is 23.7 Å². The first-order valence-electron chi connectivity index (χ1n) is 5.06. The minimum atomic E-state index is -0.717. The molecule has 2 rings (SSSR count). The number of anilines is 2. The van der Waals surface area contributed by atoms with Gasteiger partial charge in [-0.3, -0.25) is 9.59 Å². The van der Waals surface area contributed by atoms with E-state index in [1.54, 1.807) is 0 Å². The van der Waals surface area contributed by atoms with Crippen molar-refractivity contribution in [3.63, 3.8) is 0 Å². The van der Waals surface area contributed by atoms with Crippen molar-refractivity contribution in [3.8, 4) is 5.75 Å². The largest absolute Gasteiger partial charge is 0.490 e. The molecule has 1 aromatic rings. The van der Waals surface area contributed by atoms with E-state index in [-0.39, 0.29) is 41.5 Å². The summed E-state index contributed by atoms with van der Waals surface area (Å²) >= 11 is 0. The van der Waals surface area contributed by atoms with Gasteiger partial charge >= 0.3 is 0 Å². The van der Waals surface area contributed by atoms with Gasteiger partial charge < -0.3 is 15.8 Å². The zero-order chi connectivity index (χ0) is 12.6. The number of halogens is 1. The number of benzene rings is 1. The molecule has 1 aromatic carbocycles. The third kappa shape index (κ3) is 1.93. The number of ether oxygens (including phenoxy) is 1. The molecule has 0 bridgehead atoms. The first-order chi connectivity index (χ1) is 8.00. The molecule has 1 aliphatic heterocycles. The zero-order valence-electron chi connectivity index (χ0n) is 9.17. The molecule has 0 aliphatic carbocycles. The van der Waals surface area contributed by atoms with Gasteiger partial charge in [-0.2, -0.15) is 0 Å². The van der Waals surface area contributed by atoms with Gasteiger partial charge in [0, 0.05) is 19.0 Å². The molecule has 0 unspecified atom stereocenters. The lowest BCUT2D eigenvalue weighted by Crippen LogP contribution is -2.20. The molecule has 6 heteroatoms. The summed E-state index contributed by atoms with van der Waals surface area (Å²) in [5.41, 5.74) is 5.61. The maximum atomic E-state index is 13.6. The third-order valence-corrected chi connectivity index (χ3v) is 2.42. The highest BCUT2D eigenvalue weighted by Crippen LogP contribution is 2.38. The van der Waals surface area contributed by atoms with Crippen molar-refractivity contribution in [2.45, 2.75) is 13.3 Å². The van der Waals surface area contributed by atoms with E-state index in [1.165, 1.54) is 6.92 Å². The van der Waals surface area contributed by atoms with Crippen LogP contribution in [-0.4, -0.2) is 18.3 Å². The van der Waals surface area contributed by atoms with E-state index in [4.69, 9.17) is 10.5 Å². The van der Waals surface area contributed by atoms with Crippen LogP contribution in [0.5, 0.6) is 5.75 Å². The summed E-state index contributed by atoms with van der Waals surface area (Å²) in [6, 6.07) is 1.01. The van der Waals surface area contributed by atoms with Crippen molar-refractivity contribution >= 4 is 23.1 Å². The Labute approximate surface area is 96.7 Å². The van der Waals surface area contributed by atoms with Crippen molar-refractivity contribution in [1.29, 1.82) is 0 Å². The number of Topliss-reactive ketones (excluding diaryl/α,β-unsaturated/α-hetero) is 1. The van der Waals surface area contributed by atoms with Gasteiger partial charge in [0.05, 0.1) is 12.2 Å². The maximum absolute atomic E-state index is 13.6. The SMILES string of the molecule is CC(=O)Nc1c(F)cc(N)c2c1OCCC2=O. The first-order valence-corrected chi connectivity index (χ1v) is 5.06. The average molecular weight is 238 g/mol. The number of amides is 1. The fourth-order valence-electron chi connectivity index (χ4n) is 1.74. The van der Waals surface area contributed by atoms with Crippen molar-refractivity contribution < 1.29 is 18.7 Å². The monoisotopic (exact) mass is 238 g/mol. The number of nitrogens with one attached hydrogen (secondary N) is 1. The summed E-state index contributed by atoms with van der Waals surface area (Å²) in [5.74, 6) is -1.35. The normalized spacial score (nSPS) is 13.9. The summed E-state index contributed by atoms with van der Waals surface area (Å²) in [4.78, 5) is 22.6. The Morgan fingerprint density at radius 1 is 1.59 bits per heavy atom. The van der Waals surface area contributed by atoms with Gasteiger partial charge in [-0.1, -0.05) is 0 Å². The molecule has 0 atom stereocenters. The number of carbonyl (C=O) groups is 2. The first kappa shape index (κ1) is 11.4. The molecule has 3 N–H and O–H groups in total. The van der Waals surface area contributed by atoms with Gasteiger partial charge in [-0.15, -0.1) is 0 Å². The third-order valence-electron chi connectivity index (χ3n) is 2.42. The van der Waals surface area contributed by atoms with Crippen LogP contribution in [0.3, 0.4) is 0 Å². The number of carbonyl (C=O) groups excluding carboxylic acids is 2. The lowest BCUT2D eigenvalue weighted by molar-refractivity contribution is -0.114. The number of hydrogen-bond donors (Lipinski definition) is 2. The van der Waals surface area contributed by atoms with Gasteiger partial charge in [-0.25, -0.2) is 4.39 Å². The number of ketones is 1. The molecule has 0 fully saturated rings. The molecule has 0 spiro atoms. The van der Waals surface area contributed by atoms with Crippen LogP contribution in [0.2, 0.25) is 0 Å². The number of rotatable bonds is 1. The lowest BCUT2D eigenvalue weighted by Gasteiger charge is -2.21. The molecular weight excluding hydrogens is 227 g/mol. The average Bonchev–Trinajstić information content (AvgIpc) is 2.23. The summed E-state index contributed by atoms with van der Waals surface area (Å²) in [5, 5.41) is 2.30. The summed E-state index contributed by atoms with van der Waals surface area (Å²) in [6.45, 7) is 1.40. The van der Waals surface area contributed by atoms with Crippen LogP contribution in [-0.2, 0) is 4.79 Å². The molecular formula is C11H11FN2O3. The summed E-state index contributed by atoms with van der Waals surface area (Å²) in [6.07, 6.45) is 0.197. The Morgan fingerprint density at radius 3 is 2.94 bits per heavy atom. The van der Waals surface area contributed by atoms with Gasteiger partial charge in [0.1, 0.15) is 5.69 Å². The van der Waals surface area contributed by atoms with E-state index in [2.05, 4.69) is 5.32 Å². The van der Waals surface area contributed by atoms with E-state index in [0.29, 0.717) is 0 Å². The Morgan fingerprint density at radius 2 is 2.29 bits per heavy atom. The smallest absolute Gasteiger partial charge is 0.221 e. The highest BCUT2D eigenvalue weighted by atomic mass is 19.1. The van der Waals surface area contributed by atoms with Crippen molar-refractivity contribution in [3.05, 3.63) is 17.4 Å². The number of nitrogen functional groups attached to an aromatic ring is 1. The number of nitrogens with two attached hydrogens (primary N) is 1. The van der Waals surface area contributed by atoms with Gasteiger partial charge in [0.15, 0.2) is 17.3 Å². The lowest BCUT2D eigenvalue weighted by atomic mass is 10.0. The molecule has 1 aliphatic rings. The fraction of sp³-hybridized carbons (Fsp3) is 0.273. The Balaban J connectivity index is 2.63. The second-order valence-electron chi connectivity index (χ2n) is 3.73. The molecule has 5 nitrogen and oxygen atoms in total. The zero-order valence-corrected chi connectivity index (χ0v) is 9.17. The fourth-order valence-corrected chi connectivity index (χ4v) is 1.74. The van der Waals surface area contributed by atoms with E-state index in [9.17, 15) is 14.0 Å². The van der Waals surface area contributed by atoms with Crippen LogP contribution in [0.4, 0.5) is 15.8 Å². The molecule has 0 radical (unpaired) electrons. The van der Waals surface area contributed by atoms with E-state index in [1.807, 2.05) is 0 Å². The van der Waals surface area contributed by atoms with Gasteiger partial charge in [0.25, 0.3) is 0 Å². The molecule has 0 aromatic heterocycles. The van der Waals surface area contributed by atoms with Crippen LogP contribution < -0.4 is 15.8 Å². The van der Waals surface area contributed by atoms with Gasteiger partial charge in [-0.05, 0) is 6.07 Å². The predicted octanol–water partition coefficient (Wildman–Crippen LogP) is 1.33. The molecule has 1 amide bonds. The topological polar surface area (TPSA) is 81.4 Å². The molecule has 0 saturated carbocycles. The van der Waals surface area contributed by atoms with Crippen LogP contribution in [0.15, 0.2) is 6.07 Å². The van der Waals surface area contributed by atoms with Crippen LogP contribution in [0, 0.1) is 5.82 Å². The molecule has 1 heterocycles. The Kier molecular flexibility index (Phi) is 2.71. The van der Waals surface area contributed by atoms with Crippen molar-refractivity contribution in [1.82, 2.24) is 0 Å².